The van der Waals surface area contributed by atoms with E-state index in [0.29, 0.717) is 49.3 Å². The number of piperidine rings is 2. The maximum atomic E-state index is 12.6. The lowest BCUT2D eigenvalue weighted by Crippen LogP contribution is -2.38. The van der Waals surface area contributed by atoms with E-state index in [1.807, 2.05) is 48.2 Å². The number of fused-ring (bicyclic) bond motifs is 2. The molecule has 0 saturated carbocycles. The van der Waals surface area contributed by atoms with Crippen LogP contribution in [-0.4, -0.2) is 104 Å². The third-order valence-electron chi connectivity index (χ3n) is 11.8. The van der Waals surface area contributed by atoms with E-state index in [9.17, 15) is 22.8 Å². The normalized spacial score (nSPS) is 15.4. The smallest absolute Gasteiger partial charge is 0.267 e. The molecule has 6 aromatic heterocycles. The van der Waals surface area contributed by atoms with Crippen LogP contribution in [0.25, 0.3) is 21.0 Å². The van der Waals surface area contributed by atoms with Gasteiger partial charge >= 0.3 is 0 Å². The van der Waals surface area contributed by atoms with Gasteiger partial charge in [0.15, 0.2) is 5.03 Å². The van der Waals surface area contributed by atoms with E-state index in [0.717, 1.165) is 109 Å². The minimum Gasteiger partial charge on any atom is -0.351 e. The van der Waals surface area contributed by atoms with Crippen molar-refractivity contribution in [1.82, 2.24) is 49.6 Å². The van der Waals surface area contributed by atoms with Crippen molar-refractivity contribution >= 4 is 60.1 Å². The Morgan fingerprint density at radius 3 is 2.11 bits per heavy atom. The molecule has 0 aliphatic carbocycles. The van der Waals surface area contributed by atoms with Crippen LogP contribution in [0.1, 0.15) is 100 Å². The van der Waals surface area contributed by atoms with Crippen molar-refractivity contribution in [3.63, 3.8) is 0 Å². The van der Waals surface area contributed by atoms with Crippen molar-refractivity contribution in [3.8, 4) is 0 Å². The molecule has 17 heteroatoms. The van der Waals surface area contributed by atoms with E-state index in [-0.39, 0.29) is 22.7 Å². The van der Waals surface area contributed by atoms with Crippen molar-refractivity contribution in [3.05, 3.63) is 101 Å². The molecule has 0 atom stereocenters. The van der Waals surface area contributed by atoms with Crippen LogP contribution in [0.4, 0.5) is 0 Å². The topological polar surface area (TPSA) is 188 Å². The van der Waals surface area contributed by atoms with Gasteiger partial charge in [0, 0.05) is 100 Å². The summed E-state index contributed by atoms with van der Waals surface area (Å²) in [5.74, 6) is 1.16. The highest BCUT2D eigenvalue weighted by molar-refractivity contribution is 7.89. The molecule has 0 spiro atoms. The van der Waals surface area contributed by atoms with Crippen LogP contribution in [0.15, 0.2) is 84.7 Å². The third-order valence-corrected chi connectivity index (χ3v) is 14.7. The predicted molar refractivity (Wildman–Crippen MR) is 240 cm³/mol. The number of carbonyl (C=O) groups is 3. The zero-order chi connectivity index (χ0) is 43.5. The number of sulfonamides is 1. The molecule has 2 aliphatic heterocycles. The summed E-state index contributed by atoms with van der Waals surface area (Å²) in [6.45, 7) is 5.95. The SMILES string of the molecule is Cc1ccc(C(=O)N2CCC(CCCCNC(=O)c3cc4ccncc4s3)CC2)cn1.Cn1ccc(S(=O)(=O)N2CCC(CCCCNC(=O)c3cc4cnccc4[nH]3)CC2)n1. The number of hydrogen-bond acceptors (Lipinski definition) is 10. The molecule has 3 amide bonds. The predicted octanol–water partition coefficient (Wildman–Crippen LogP) is 6.75. The second-order valence-electron chi connectivity index (χ2n) is 16.3. The third kappa shape index (κ3) is 11.7. The molecule has 328 valence electrons. The van der Waals surface area contributed by atoms with Gasteiger partial charge in [-0.15, -0.1) is 11.3 Å². The fraction of sp³-hybridized carbons (Fsp3) is 0.444. The number of hydrogen-bond donors (Lipinski definition) is 3. The first kappa shape index (κ1) is 44.5. The van der Waals surface area contributed by atoms with Gasteiger partial charge in [0.05, 0.1) is 15.1 Å². The molecule has 0 aromatic carbocycles. The summed E-state index contributed by atoms with van der Waals surface area (Å²) in [6.07, 6.45) is 20.3. The highest BCUT2D eigenvalue weighted by Gasteiger charge is 2.31. The first-order valence-electron chi connectivity index (χ1n) is 21.6. The lowest BCUT2D eigenvalue weighted by Gasteiger charge is -2.32. The Kier molecular flexibility index (Phi) is 15.1. The molecule has 3 N–H and O–H groups in total. The summed E-state index contributed by atoms with van der Waals surface area (Å²) in [5, 5.41) is 12.1. The van der Waals surface area contributed by atoms with Crippen LogP contribution in [0.2, 0.25) is 0 Å². The fourth-order valence-corrected chi connectivity index (χ4v) is 10.5. The number of nitrogens with zero attached hydrogens (tertiary/aromatic N) is 7. The number of aromatic nitrogens is 6. The largest absolute Gasteiger partial charge is 0.351 e. The van der Waals surface area contributed by atoms with Crippen LogP contribution in [0.3, 0.4) is 0 Å². The van der Waals surface area contributed by atoms with Gasteiger partial charge in [-0.3, -0.25) is 34.0 Å². The van der Waals surface area contributed by atoms with Gasteiger partial charge < -0.3 is 20.5 Å². The number of nitrogens with one attached hydrogen (secondary N) is 3. The number of aryl methyl sites for hydroxylation is 2. The molecule has 2 saturated heterocycles. The standard InChI is InChI=1S/C24H28N4O2S.C21H28N6O3S/c1-17-5-6-20(15-27-17)24(30)28-12-8-18(9-13-28)4-2-3-10-26-23(29)21-14-19-7-11-25-16-22(19)31-21;1-26-11-8-20(25-26)31(29,30)27-12-6-16(7-13-27)4-2-3-9-23-21(28)19-14-17-15-22-10-5-18(17)24-19/h5-7,11,14-16,18H,2-4,8-10,12-13H2,1H3,(H,26,29);5,8,10-11,14-16,24H,2-4,6-7,9,12-13H2,1H3,(H,23,28). The molecule has 8 rings (SSSR count). The summed E-state index contributed by atoms with van der Waals surface area (Å²) < 4.78 is 29.4. The van der Waals surface area contributed by atoms with Gasteiger partial charge in [0.2, 0.25) is 0 Å². The van der Waals surface area contributed by atoms with E-state index < -0.39 is 10.0 Å². The van der Waals surface area contributed by atoms with Crippen LogP contribution >= 0.6 is 11.3 Å². The van der Waals surface area contributed by atoms with Gasteiger partial charge in [-0.05, 0) is 105 Å². The number of carbonyl (C=O) groups excluding carboxylic acids is 3. The Labute approximate surface area is 366 Å². The van der Waals surface area contributed by atoms with Crippen molar-refractivity contribution < 1.29 is 22.8 Å². The molecule has 15 nitrogen and oxygen atoms in total. The maximum absolute atomic E-state index is 12.6. The van der Waals surface area contributed by atoms with Crippen molar-refractivity contribution in [2.45, 2.75) is 76.2 Å². The quantitative estimate of drug-likeness (QED) is 0.0938. The number of rotatable bonds is 15. The number of aromatic amines is 1. The molecular formula is C45H56N10O5S2. The average Bonchev–Trinajstić information content (AvgIpc) is 4.06. The number of pyridine rings is 3. The van der Waals surface area contributed by atoms with Crippen LogP contribution < -0.4 is 10.6 Å². The number of amides is 3. The first-order valence-corrected chi connectivity index (χ1v) is 23.8. The first-order chi connectivity index (χ1) is 30.0. The molecular weight excluding hydrogens is 825 g/mol. The molecule has 62 heavy (non-hydrogen) atoms. The van der Waals surface area contributed by atoms with Gasteiger partial charge in [-0.2, -0.15) is 9.40 Å². The summed E-state index contributed by atoms with van der Waals surface area (Å²) >= 11 is 1.48. The van der Waals surface area contributed by atoms with Crippen LogP contribution in [-0.2, 0) is 17.1 Å². The minimum atomic E-state index is -3.49. The average molecular weight is 881 g/mol. The van der Waals surface area contributed by atoms with E-state index in [1.165, 1.54) is 16.0 Å². The summed E-state index contributed by atoms with van der Waals surface area (Å²) in [5.41, 5.74) is 3.04. The Bertz CT molecular complexity index is 2470. The molecule has 0 unspecified atom stereocenters. The lowest BCUT2D eigenvalue weighted by molar-refractivity contribution is 0.0685. The molecule has 8 heterocycles. The van der Waals surface area contributed by atoms with E-state index in [4.69, 9.17) is 0 Å². The Morgan fingerprint density at radius 1 is 0.790 bits per heavy atom. The fourth-order valence-electron chi connectivity index (χ4n) is 8.10. The highest BCUT2D eigenvalue weighted by Crippen LogP contribution is 2.28. The number of thiophene rings is 1. The molecule has 2 aliphatic rings. The van der Waals surface area contributed by atoms with E-state index in [2.05, 4.69) is 35.7 Å². The molecule has 0 radical (unpaired) electrons. The van der Waals surface area contributed by atoms with Gasteiger partial charge in [0.1, 0.15) is 5.69 Å². The summed E-state index contributed by atoms with van der Waals surface area (Å²) in [6, 6.07) is 12.8. The Morgan fingerprint density at radius 2 is 1.47 bits per heavy atom. The second-order valence-corrected chi connectivity index (χ2v) is 19.2. The lowest BCUT2D eigenvalue weighted by atomic mass is 9.91. The molecule has 6 aromatic rings. The Hall–Kier alpha value is -5.52. The van der Waals surface area contributed by atoms with Gasteiger partial charge in [-0.1, -0.05) is 25.7 Å². The zero-order valence-corrected chi connectivity index (χ0v) is 37.1. The second kappa shape index (κ2) is 21.0. The Balaban J connectivity index is 0.000000186. The molecule has 0 bridgehead atoms. The van der Waals surface area contributed by atoms with E-state index in [1.54, 1.807) is 54.6 Å². The molecule has 2 fully saturated rings. The van der Waals surface area contributed by atoms with Crippen molar-refractivity contribution in [1.29, 1.82) is 0 Å². The van der Waals surface area contributed by atoms with Crippen molar-refractivity contribution in [2.75, 3.05) is 39.3 Å². The minimum absolute atomic E-state index is 0.00128. The summed E-state index contributed by atoms with van der Waals surface area (Å²) in [4.78, 5) is 55.4. The zero-order valence-electron chi connectivity index (χ0n) is 35.5. The highest BCUT2D eigenvalue weighted by atomic mass is 32.2. The van der Waals surface area contributed by atoms with Crippen molar-refractivity contribution in [2.24, 2.45) is 18.9 Å². The van der Waals surface area contributed by atoms with Gasteiger partial charge in [0.25, 0.3) is 27.7 Å². The monoisotopic (exact) mass is 880 g/mol. The number of likely N-dealkylation sites (tertiary alicyclic amines) is 1. The summed E-state index contributed by atoms with van der Waals surface area (Å²) in [7, 11) is -1.78. The van der Waals surface area contributed by atoms with E-state index >= 15 is 0 Å². The number of H-pyrrole nitrogens is 1. The van der Waals surface area contributed by atoms with Crippen LogP contribution in [0, 0.1) is 18.8 Å². The van der Waals surface area contributed by atoms with Gasteiger partial charge in [-0.25, -0.2) is 8.42 Å². The van der Waals surface area contributed by atoms with Crippen LogP contribution in [0.5, 0.6) is 0 Å². The number of unbranched alkanes of at least 4 members (excludes halogenated alkanes) is 2. The maximum Gasteiger partial charge on any atom is 0.267 e.